The van der Waals surface area contributed by atoms with Crippen molar-refractivity contribution in [2.75, 3.05) is 6.61 Å². The monoisotopic (exact) mass is 338 g/mol. The number of rotatable bonds is 8. The van der Waals surface area contributed by atoms with E-state index in [2.05, 4.69) is 6.92 Å². The molecule has 1 heterocycles. The van der Waals surface area contributed by atoms with E-state index in [1.165, 1.54) is 0 Å². The highest BCUT2D eigenvalue weighted by molar-refractivity contribution is 5.76. The van der Waals surface area contributed by atoms with Crippen LogP contribution in [0.5, 0.6) is 0 Å². The summed E-state index contributed by atoms with van der Waals surface area (Å²) in [7, 11) is 0. The van der Waals surface area contributed by atoms with Crippen molar-refractivity contribution in [1.82, 2.24) is 0 Å². The van der Waals surface area contributed by atoms with Crippen molar-refractivity contribution in [3.8, 4) is 0 Å². The van der Waals surface area contributed by atoms with Gasteiger partial charge in [-0.05, 0) is 58.8 Å². The van der Waals surface area contributed by atoms with E-state index in [9.17, 15) is 9.59 Å². The minimum Gasteiger partial charge on any atom is -0.465 e. The van der Waals surface area contributed by atoms with Gasteiger partial charge in [0.15, 0.2) is 0 Å². The molecule has 24 heavy (non-hydrogen) atoms. The molecule has 0 aromatic carbocycles. The molecule has 3 aliphatic rings. The van der Waals surface area contributed by atoms with Crippen LogP contribution in [0.15, 0.2) is 0 Å². The molecule has 5 heteroatoms. The van der Waals surface area contributed by atoms with E-state index in [1.54, 1.807) is 0 Å². The van der Waals surface area contributed by atoms with Crippen molar-refractivity contribution in [2.24, 2.45) is 23.2 Å². The molecule has 0 N–H and O–H groups in total. The minimum atomic E-state index is -0.409. The van der Waals surface area contributed by atoms with E-state index < -0.39 is 5.41 Å². The van der Waals surface area contributed by atoms with Crippen molar-refractivity contribution in [3.05, 3.63) is 0 Å². The van der Waals surface area contributed by atoms with E-state index in [1.807, 2.05) is 20.8 Å². The largest absolute Gasteiger partial charge is 0.465 e. The SMILES string of the molecule is CCC(C)(C)C(=O)OCCCC(C)OC1C2CC3C(=O)OC1C3C2. The summed E-state index contributed by atoms with van der Waals surface area (Å²) in [5.41, 5.74) is -0.409. The first-order valence-electron chi connectivity index (χ1n) is 9.36. The zero-order valence-corrected chi connectivity index (χ0v) is 15.2. The number of carbonyl (C=O) groups is 2. The summed E-state index contributed by atoms with van der Waals surface area (Å²) in [6.07, 6.45) is 4.55. The zero-order valence-electron chi connectivity index (χ0n) is 15.2. The third-order valence-electron chi connectivity index (χ3n) is 6.23. The third-order valence-corrected chi connectivity index (χ3v) is 6.23. The van der Waals surface area contributed by atoms with E-state index in [0.29, 0.717) is 18.4 Å². The number of fused-ring (bicyclic) bond motifs is 1. The molecule has 2 bridgehead atoms. The Hall–Kier alpha value is -1.10. The lowest BCUT2D eigenvalue weighted by atomic mass is 9.88. The standard InChI is InChI=1S/C19H30O5/c1-5-19(3,4)18(21)22-8-6-7-11(2)23-15-12-9-13-14(10-12)17(20)24-16(13)15/h11-16H,5-10H2,1-4H3. The molecule has 0 amide bonds. The van der Waals surface area contributed by atoms with Crippen LogP contribution < -0.4 is 0 Å². The minimum absolute atomic E-state index is 0.0169. The Bertz CT molecular complexity index is 500. The molecule has 0 aromatic heterocycles. The summed E-state index contributed by atoms with van der Waals surface area (Å²) in [6, 6.07) is 0. The fourth-order valence-electron chi connectivity index (χ4n) is 4.30. The maximum Gasteiger partial charge on any atom is 0.311 e. The summed E-state index contributed by atoms with van der Waals surface area (Å²) >= 11 is 0. The molecule has 6 unspecified atom stereocenters. The molecular weight excluding hydrogens is 308 g/mol. The molecular formula is C19H30O5. The molecule has 2 saturated carbocycles. The Morgan fingerprint density at radius 1 is 1.38 bits per heavy atom. The number of hydrogen-bond donors (Lipinski definition) is 0. The Balaban J connectivity index is 1.38. The molecule has 3 fully saturated rings. The Morgan fingerprint density at radius 2 is 2.12 bits per heavy atom. The van der Waals surface area contributed by atoms with Crippen LogP contribution in [0.1, 0.15) is 59.8 Å². The second kappa shape index (κ2) is 6.66. The van der Waals surface area contributed by atoms with Crippen LogP contribution in [0.3, 0.4) is 0 Å². The summed E-state index contributed by atoms with van der Waals surface area (Å²) in [5, 5.41) is 0. The lowest BCUT2D eigenvalue weighted by Crippen LogP contribution is -2.36. The highest BCUT2D eigenvalue weighted by Crippen LogP contribution is 2.55. The first-order valence-corrected chi connectivity index (χ1v) is 9.36. The molecule has 6 atom stereocenters. The second-order valence-electron chi connectivity index (χ2n) is 8.33. The van der Waals surface area contributed by atoms with Gasteiger partial charge in [-0.1, -0.05) is 6.92 Å². The number of carbonyl (C=O) groups excluding carboxylic acids is 2. The van der Waals surface area contributed by atoms with Crippen LogP contribution >= 0.6 is 0 Å². The van der Waals surface area contributed by atoms with Gasteiger partial charge in [0.25, 0.3) is 0 Å². The van der Waals surface area contributed by atoms with Gasteiger partial charge in [-0.15, -0.1) is 0 Å². The van der Waals surface area contributed by atoms with Gasteiger partial charge in [-0.25, -0.2) is 0 Å². The highest BCUT2D eigenvalue weighted by Gasteiger charge is 2.62. The van der Waals surface area contributed by atoms with Crippen molar-refractivity contribution in [2.45, 2.75) is 78.1 Å². The number of ether oxygens (including phenoxy) is 3. The average Bonchev–Trinajstić information content (AvgIpc) is 3.16. The molecule has 0 radical (unpaired) electrons. The Kier molecular flexibility index (Phi) is 4.92. The van der Waals surface area contributed by atoms with Crippen molar-refractivity contribution < 1.29 is 23.8 Å². The average molecular weight is 338 g/mol. The van der Waals surface area contributed by atoms with Gasteiger partial charge >= 0.3 is 11.9 Å². The quantitative estimate of drug-likeness (QED) is 0.503. The fraction of sp³-hybridized carbons (Fsp3) is 0.895. The van der Waals surface area contributed by atoms with Crippen molar-refractivity contribution in [1.29, 1.82) is 0 Å². The topological polar surface area (TPSA) is 61.8 Å². The van der Waals surface area contributed by atoms with Gasteiger partial charge in [-0.2, -0.15) is 0 Å². The molecule has 2 aliphatic carbocycles. The molecule has 5 nitrogen and oxygen atoms in total. The van der Waals surface area contributed by atoms with E-state index in [-0.39, 0.29) is 36.2 Å². The molecule has 1 saturated heterocycles. The predicted octanol–water partition coefficient (Wildman–Crippen LogP) is 3.10. The molecule has 0 aromatic rings. The van der Waals surface area contributed by atoms with Crippen LogP contribution in [0.25, 0.3) is 0 Å². The predicted molar refractivity (Wildman–Crippen MR) is 88.2 cm³/mol. The zero-order chi connectivity index (χ0) is 17.5. The van der Waals surface area contributed by atoms with E-state index >= 15 is 0 Å². The lowest BCUT2D eigenvalue weighted by molar-refractivity contribution is -0.154. The number of esters is 2. The first kappa shape index (κ1) is 17.7. The second-order valence-corrected chi connectivity index (χ2v) is 8.33. The Morgan fingerprint density at radius 3 is 2.83 bits per heavy atom. The molecule has 136 valence electrons. The smallest absolute Gasteiger partial charge is 0.311 e. The number of hydrogen-bond acceptors (Lipinski definition) is 5. The van der Waals surface area contributed by atoms with Gasteiger partial charge in [-0.3, -0.25) is 9.59 Å². The maximum absolute atomic E-state index is 11.9. The van der Waals surface area contributed by atoms with Crippen LogP contribution in [-0.4, -0.2) is 36.9 Å². The van der Waals surface area contributed by atoms with Gasteiger partial charge in [0.1, 0.15) is 6.10 Å². The van der Waals surface area contributed by atoms with Gasteiger partial charge in [0, 0.05) is 5.92 Å². The molecule has 0 spiro atoms. The first-order chi connectivity index (χ1) is 11.3. The summed E-state index contributed by atoms with van der Waals surface area (Å²) in [5.74, 6) is 0.850. The van der Waals surface area contributed by atoms with Crippen LogP contribution in [-0.2, 0) is 23.8 Å². The van der Waals surface area contributed by atoms with Crippen LogP contribution in [0.4, 0.5) is 0 Å². The normalized spacial score (nSPS) is 35.2. The summed E-state index contributed by atoms with van der Waals surface area (Å²) in [4.78, 5) is 23.7. The summed E-state index contributed by atoms with van der Waals surface area (Å²) < 4.78 is 17.1. The fourth-order valence-corrected chi connectivity index (χ4v) is 4.30. The van der Waals surface area contributed by atoms with Gasteiger partial charge in [0.05, 0.1) is 30.1 Å². The summed E-state index contributed by atoms with van der Waals surface area (Å²) in [6.45, 7) is 8.30. The third kappa shape index (κ3) is 3.19. The molecule has 1 aliphatic heterocycles. The van der Waals surface area contributed by atoms with Crippen molar-refractivity contribution in [3.63, 3.8) is 0 Å². The van der Waals surface area contributed by atoms with E-state index in [4.69, 9.17) is 14.2 Å². The molecule has 3 rings (SSSR count). The van der Waals surface area contributed by atoms with Gasteiger partial charge < -0.3 is 14.2 Å². The highest BCUT2D eigenvalue weighted by atomic mass is 16.6. The van der Waals surface area contributed by atoms with Gasteiger partial charge in [0.2, 0.25) is 0 Å². The van der Waals surface area contributed by atoms with E-state index in [0.717, 1.165) is 32.1 Å². The maximum atomic E-state index is 11.9. The Labute approximate surface area is 144 Å². The van der Waals surface area contributed by atoms with Crippen molar-refractivity contribution >= 4 is 11.9 Å². The van der Waals surface area contributed by atoms with Crippen LogP contribution in [0.2, 0.25) is 0 Å². The van der Waals surface area contributed by atoms with Crippen LogP contribution in [0, 0.1) is 23.2 Å². The lowest BCUT2D eigenvalue weighted by Gasteiger charge is -2.28.